The zero-order valence-electron chi connectivity index (χ0n) is 16.5. The number of methoxy groups -OCH3 is 2. The maximum Gasteiger partial charge on any atom is 0.352 e. The second kappa shape index (κ2) is 8.16. The Balaban J connectivity index is 2.35. The van der Waals surface area contributed by atoms with Gasteiger partial charge in [0.05, 0.1) is 18.3 Å². The highest BCUT2D eigenvalue weighted by atomic mass is 16.9. The number of carbonyl (C=O) groups is 1. The van der Waals surface area contributed by atoms with Crippen molar-refractivity contribution in [3.63, 3.8) is 0 Å². The molecule has 2 aromatic rings. The Labute approximate surface area is 155 Å². The van der Waals surface area contributed by atoms with E-state index in [9.17, 15) is 4.79 Å². The van der Waals surface area contributed by atoms with Crippen molar-refractivity contribution in [2.45, 2.75) is 39.7 Å². The third kappa shape index (κ3) is 4.41. The molecule has 0 amide bonds. The van der Waals surface area contributed by atoms with Crippen LogP contribution in [0.2, 0.25) is 0 Å². The quantitative estimate of drug-likeness (QED) is 0.521. The fourth-order valence-electron chi connectivity index (χ4n) is 2.74. The third-order valence-electron chi connectivity index (χ3n) is 4.22. The SMILES string of the molecule is COC(OC)(OCC(C)(C)C)C(=O)c1cccn1[C@H](C)c1ccccc1. The van der Waals surface area contributed by atoms with Crippen LogP contribution in [0.15, 0.2) is 48.7 Å². The summed E-state index contributed by atoms with van der Waals surface area (Å²) in [6.45, 7) is 8.42. The van der Waals surface area contributed by atoms with Gasteiger partial charge in [0.1, 0.15) is 0 Å². The standard InChI is InChI=1S/C21H29NO4/c1-16(17-11-8-7-9-12-17)22-14-10-13-18(22)19(23)21(24-5,25-6)26-15-20(2,3)4/h7-14,16H,15H2,1-6H3/t16-/m1/s1. The van der Waals surface area contributed by atoms with Crippen LogP contribution in [0.3, 0.4) is 0 Å². The fourth-order valence-corrected chi connectivity index (χ4v) is 2.74. The highest BCUT2D eigenvalue weighted by molar-refractivity contribution is 5.99. The number of ketones is 1. The van der Waals surface area contributed by atoms with E-state index in [2.05, 4.69) is 0 Å². The molecule has 5 heteroatoms. The van der Waals surface area contributed by atoms with Gasteiger partial charge in [0.25, 0.3) is 5.78 Å². The summed E-state index contributed by atoms with van der Waals surface area (Å²) in [5, 5.41) is 0. The molecule has 0 radical (unpaired) electrons. The highest BCUT2D eigenvalue weighted by Gasteiger charge is 2.44. The van der Waals surface area contributed by atoms with Gasteiger partial charge in [0.15, 0.2) is 0 Å². The van der Waals surface area contributed by atoms with E-state index in [4.69, 9.17) is 14.2 Å². The van der Waals surface area contributed by atoms with Crippen LogP contribution in [0.25, 0.3) is 0 Å². The van der Waals surface area contributed by atoms with Crippen molar-refractivity contribution in [3.05, 3.63) is 59.9 Å². The van der Waals surface area contributed by atoms with E-state index in [-0.39, 0.29) is 17.2 Å². The summed E-state index contributed by atoms with van der Waals surface area (Å²) < 4.78 is 18.5. The lowest BCUT2D eigenvalue weighted by Gasteiger charge is -2.32. The van der Waals surface area contributed by atoms with E-state index in [1.165, 1.54) is 14.2 Å². The van der Waals surface area contributed by atoms with E-state index in [0.717, 1.165) is 5.56 Å². The van der Waals surface area contributed by atoms with Crippen LogP contribution in [0, 0.1) is 5.41 Å². The number of benzene rings is 1. The number of Topliss-reactive ketones (excluding diaryl/α,β-unsaturated/α-hetero) is 1. The molecule has 0 aliphatic heterocycles. The Morgan fingerprint density at radius 3 is 2.19 bits per heavy atom. The van der Waals surface area contributed by atoms with Gasteiger partial charge in [0, 0.05) is 20.4 Å². The second-order valence-electron chi connectivity index (χ2n) is 7.53. The molecule has 2 rings (SSSR count). The van der Waals surface area contributed by atoms with Crippen LogP contribution in [0.5, 0.6) is 0 Å². The monoisotopic (exact) mass is 359 g/mol. The van der Waals surface area contributed by atoms with Crippen LogP contribution >= 0.6 is 0 Å². The minimum absolute atomic E-state index is 0.0146. The lowest BCUT2D eigenvalue weighted by Crippen LogP contribution is -2.47. The summed E-state index contributed by atoms with van der Waals surface area (Å²) in [7, 11) is 2.83. The van der Waals surface area contributed by atoms with E-state index in [1.807, 2.05) is 74.9 Å². The Bertz CT molecular complexity index is 711. The van der Waals surface area contributed by atoms with Crippen LogP contribution in [0.4, 0.5) is 0 Å². The van der Waals surface area contributed by atoms with Gasteiger partial charge < -0.3 is 18.8 Å². The number of rotatable bonds is 8. The number of nitrogens with zero attached hydrogens (tertiary/aromatic N) is 1. The van der Waals surface area contributed by atoms with Crippen molar-refractivity contribution in [2.24, 2.45) is 5.41 Å². The molecule has 0 saturated heterocycles. The molecule has 0 N–H and O–H groups in total. The molecule has 1 aromatic carbocycles. The number of ether oxygens (including phenoxy) is 3. The van der Waals surface area contributed by atoms with Gasteiger partial charge in [-0.3, -0.25) is 4.79 Å². The zero-order valence-corrected chi connectivity index (χ0v) is 16.5. The predicted octanol–water partition coefficient (Wildman–Crippen LogP) is 4.29. The summed E-state index contributed by atoms with van der Waals surface area (Å²) >= 11 is 0. The van der Waals surface area contributed by atoms with Gasteiger partial charge in [-0.15, -0.1) is 0 Å². The minimum Gasteiger partial charge on any atom is -0.338 e. The van der Waals surface area contributed by atoms with Crippen molar-refractivity contribution in [2.75, 3.05) is 20.8 Å². The van der Waals surface area contributed by atoms with Crippen molar-refractivity contribution in [1.82, 2.24) is 4.57 Å². The third-order valence-corrected chi connectivity index (χ3v) is 4.22. The van der Waals surface area contributed by atoms with Crippen LogP contribution in [-0.2, 0) is 14.2 Å². The van der Waals surface area contributed by atoms with E-state index >= 15 is 0 Å². The minimum atomic E-state index is -1.76. The Morgan fingerprint density at radius 1 is 1.04 bits per heavy atom. The molecule has 1 atom stereocenters. The van der Waals surface area contributed by atoms with Gasteiger partial charge in [-0.1, -0.05) is 51.1 Å². The summed E-state index contributed by atoms with van der Waals surface area (Å²) in [6, 6.07) is 13.6. The first-order valence-electron chi connectivity index (χ1n) is 8.75. The molecule has 26 heavy (non-hydrogen) atoms. The van der Waals surface area contributed by atoms with E-state index in [0.29, 0.717) is 12.3 Å². The maximum atomic E-state index is 13.3. The molecule has 0 unspecified atom stereocenters. The highest BCUT2D eigenvalue weighted by Crippen LogP contribution is 2.27. The molecule has 0 aliphatic rings. The lowest BCUT2D eigenvalue weighted by atomic mass is 9.98. The molecule has 1 heterocycles. The number of aromatic nitrogens is 1. The van der Waals surface area contributed by atoms with Crippen molar-refractivity contribution in [1.29, 1.82) is 0 Å². The Morgan fingerprint density at radius 2 is 1.65 bits per heavy atom. The van der Waals surface area contributed by atoms with E-state index < -0.39 is 5.97 Å². The number of hydrogen-bond donors (Lipinski definition) is 0. The summed E-state index contributed by atoms with van der Waals surface area (Å²) in [4.78, 5) is 13.3. The van der Waals surface area contributed by atoms with Gasteiger partial charge in [-0.05, 0) is 30.0 Å². The molecular weight excluding hydrogens is 330 g/mol. The van der Waals surface area contributed by atoms with Gasteiger partial charge in [-0.2, -0.15) is 0 Å². The summed E-state index contributed by atoms with van der Waals surface area (Å²) in [5.74, 6) is -2.13. The molecule has 0 fully saturated rings. The van der Waals surface area contributed by atoms with Gasteiger partial charge in [0.2, 0.25) is 0 Å². The van der Waals surface area contributed by atoms with E-state index in [1.54, 1.807) is 6.07 Å². The smallest absolute Gasteiger partial charge is 0.338 e. The molecule has 0 saturated carbocycles. The molecule has 142 valence electrons. The molecule has 0 spiro atoms. The van der Waals surface area contributed by atoms with Crippen LogP contribution in [0.1, 0.15) is 49.8 Å². The van der Waals surface area contributed by atoms with Crippen molar-refractivity contribution < 1.29 is 19.0 Å². The molecule has 0 aliphatic carbocycles. The Kier molecular flexibility index (Phi) is 6.39. The average Bonchev–Trinajstić information content (AvgIpc) is 3.11. The van der Waals surface area contributed by atoms with Crippen molar-refractivity contribution >= 4 is 5.78 Å². The number of carbonyl (C=O) groups excluding carboxylic acids is 1. The van der Waals surface area contributed by atoms with Crippen molar-refractivity contribution in [3.8, 4) is 0 Å². The van der Waals surface area contributed by atoms with Gasteiger partial charge in [-0.25, -0.2) is 0 Å². The molecule has 1 aromatic heterocycles. The molecule has 0 bridgehead atoms. The molecular formula is C21H29NO4. The predicted molar refractivity (Wildman–Crippen MR) is 101 cm³/mol. The first-order valence-corrected chi connectivity index (χ1v) is 8.75. The number of hydrogen-bond acceptors (Lipinski definition) is 4. The summed E-state index contributed by atoms with van der Waals surface area (Å²) in [6.07, 6.45) is 1.88. The van der Waals surface area contributed by atoms with Crippen LogP contribution < -0.4 is 0 Å². The summed E-state index contributed by atoms with van der Waals surface area (Å²) in [5.41, 5.74) is 1.44. The largest absolute Gasteiger partial charge is 0.352 e. The maximum absolute atomic E-state index is 13.3. The normalized spacial score (nSPS) is 13.6. The second-order valence-corrected chi connectivity index (χ2v) is 7.53. The Hall–Kier alpha value is -1.95. The first-order chi connectivity index (χ1) is 12.2. The van der Waals surface area contributed by atoms with Gasteiger partial charge >= 0.3 is 5.97 Å². The lowest BCUT2D eigenvalue weighted by molar-refractivity contribution is -0.329. The van der Waals surface area contributed by atoms with Crippen LogP contribution in [-0.4, -0.2) is 37.1 Å². The topological polar surface area (TPSA) is 49.7 Å². The first kappa shape index (κ1) is 20.4. The fraction of sp³-hybridized carbons (Fsp3) is 0.476. The average molecular weight is 359 g/mol. The molecule has 5 nitrogen and oxygen atoms in total. The zero-order chi connectivity index (χ0) is 19.4.